The molecule has 0 unspecified atom stereocenters. The molecular formula is C19H12ClNO6S. The van der Waals surface area contributed by atoms with Crippen LogP contribution >= 0.6 is 23.4 Å². The van der Waals surface area contributed by atoms with E-state index in [4.69, 9.17) is 30.5 Å². The van der Waals surface area contributed by atoms with Crippen LogP contribution in [0, 0.1) is 0 Å². The quantitative estimate of drug-likeness (QED) is 0.698. The van der Waals surface area contributed by atoms with Gasteiger partial charge in [-0.15, -0.1) is 0 Å². The van der Waals surface area contributed by atoms with E-state index in [0.717, 1.165) is 22.2 Å². The predicted octanol–water partition coefficient (Wildman–Crippen LogP) is 4.03. The fourth-order valence-corrected chi connectivity index (χ4v) is 4.09. The summed E-state index contributed by atoms with van der Waals surface area (Å²) in [6.45, 7) is 0.346. The second-order valence-electron chi connectivity index (χ2n) is 6.18. The molecule has 9 heteroatoms. The molecule has 0 spiro atoms. The average Bonchev–Trinajstić information content (AvgIpc) is 3.38. The van der Waals surface area contributed by atoms with Crippen LogP contribution in [0.5, 0.6) is 23.0 Å². The van der Waals surface area contributed by atoms with E-state index in [1.165, 1.54) is 0 Å². The molecule has 0 bridgehead atoms. The smallest absolute Gasteiger partial charge is 0.293 e. The zero-order valence-electron chi connectivity index (χ0n) is 14.3. The number of thioether (sulfide) groups is 1. The van der Waals surface area contributed by atoms with Crippen LogP contribution < -0.4 is 18.9 Å². The number of carbonyl (C=O) groups is 2. The molecule has 1 saturated heterocycles. The predicted molar refractivity (Wildman–Crippen MR) is 102 cm³/mol. The highest BCUT2D eigenvalue weighted by Crippen LogP contribution is 2.40. The molecule has 2 amide bonds. The third-order valence-corrected chi connectivity index (χ3v) is 5.70. The van der Waals surface area contributed by atoms with Gasteiger partial charge in [0.2, 0.25) is 13.6 Å². The van der Waals surface area contributed by atoms with E-state index < -0.39 is 0 Å². The van der Waals surface area contributed by atoms with Gasteiger partial charge in [-0.1, -0.05) is 17.7 Å². The zero-order valence-corrected chi connectivity index (χ0v) is 15.8. The van der Waals surface area contributed by atoms with Crippen molar-refractivity contribution in [2.24, 2.45) is 0 Å². The Labute approximate surface area is 168 Å². The van der Waals surface area contributed by atoms with Gasteiger partial charge in [-0.3, -0.25) is 14.5 Å². The van der Waals surface area contributed by atoms with Gasteiger partial charge in [0, 0.05) is 11.1 Å². The third kappa shape index (κ3) is 2.94. The normalized spacial score (nSPS) is 18.5. The van der Waals surface area contributed by atoms with Gasteiger partial charge < -0.3 is 18.9 Å². The van der Waals surface area contributed by atoms with E-state index in [1.54, 1.807) is 36.4 Å². The molecule has 5 rings (SSSR count). The summed E-state index contributed by atoms with van der Waals surface area (Å²) in [5.74, 6) is 1.98. The van der Waals surface area contributed by atoms with E-state index in [0.29, 0.717) is 38.5 Å². The summed E-state index contributed by atoms with van der Waals surface area (Å²) in [7, 11) is 0. The van der Waals surface area contributed by atoms with Gasteiger partial charge >= 0.3 is 0 Å². The summed E-state index contributed by atoms with van der Waals surface area (Å²) in [6.07, 6.45) is 1.66. The van der Waals surface area contributed by atoms with Crippen LogP contribution in [0.1, 0.15) is 11.1 Å². The Morgan fingerprint density at radius 1 is 0.964 bits per heavy atom. The first kappa shape index (κ1) is 17.3. The average molecular weight is 418 g/mol. The maximum atomic E-state index is 12.8. The zero-order chi connectivity index (χ0) is 19.3. The molecule has 142 valence electrons. The van der Waals surface area contributed by atoms with Crippen LogP contribution in [0.25, 0.3) is 6.08 Å². The number of carbonyl (C=O) groups excluding carboxylic acids is 2. The van der Waals surface area contributed by atoms with Crippen LogP contribution in [0.2, 0.25) is 5.02 Å². The lowest BCUT2D eigenvalue weighted by Gasteiger charge is -2.14. The lowest BCUT2D eigenvalue weighted by molar-refractivity contribution is -0.123. The third-order valence-electron chi connectivity index (χ3n) is 4.44. The van der Waals surface area contributed by atoms with Crippen molar-refractivity contribution in [2.75, 3.05) is 13.6 Å². The van der Waals surface area contributed by atoms with Crippen LogP contribution in [-0.2, 0) is 11.3 Å². The van der Waals surface area contributed by atoms with E-state index in [-0.39, 0.29) is 31.3 Å². The van der Waals surface area contributed by atoms with Gasteiger partial charge in [0.25, 0.3) is 11.1 Å². The molecule has 0 radical (unpaired) electrons. The molecule has 2 aromatic carbocycles. The van der Waals surface area contributed by atoms with E-state index >= 15 is 0 Å². The van der Waals surface area contributed by atoms with Crippen LogP contribution in [-0.4, -0.2) is 29.6 Å². The van der Waals surface area contributed by atoms with Crippen LogP contribution in [0.4, 0.5) is 4.79 Å². The number of ether oxygens (including phenoxy) is 4. The summed E-state index contributed by atoms with van der Waals surface area (Å²) in [4.78, 5) is 26.7. The Balaban J connectivity index is 1.39. The highest BCUT2D eigenvalue weighted by Gasteiger charge is 2.35. The Morgan fingerprint density at radius 3 is 2.43 bits per heavy atom. The molecule has 3 heterocycles. The van der Waals surface area contributed by atoms with E-state index in [1.807, 2.05) is 0 Å². The van der Waals surface area contributed by atoms with Crippen molar-refractivity contribution >= 4 is 40.6 Å². The Morgan fingerprint density at radius 2 is 1.64 bits per heavy atom. The summed E-state index contributed by atoms with van der Waals surface area (Å²) in [5.41, 5.74) is 1.36. The minimum Gasteiger partial charge on any atom is -0.454 e. The van der Waals surface area contributed by atoms with Crippen LogP contribution in [0.3, 0.4) is 0 Å². The number of halogens is 1. The second-order valence-corrected chi connectivity index (χ2v) is 7.58. The number of amides is 2. The first-order valence-corrected chi connectivity index (χ1v) is 9.51. The number of fused-ring (bicyclic) bond motifs is 2. The van der Waals surface area contributed by atoms with E-state index in [2.05, 4.69) is 0 Å². The van der Waals surface area contributed by atoms with Crippen molar-refractivity contribution in [1.29, 1.82) is 0 Å². The molecule has 3 aliphatic heterocycles. The number of nitrogens with zero attached hydrogens (tertiary/aromatic N) is 1. The molecule has 0 saturated carbocycles. The van der Waals surface area contributed by atoms with Crippen molar-refractivity contribution < 1.29 is 28.5 Å². The van der Waals surface area contributed by atoms with Gasteiger partial charge in [-0.25, -0.2) is 0 Å². The molecule has 0 aromatic heterocycles. The van der Waals surface area contributed by atoms with E-state index in [9.17, 15) is 9.59 Å². The van der Waals surface area contributed by atoms with Crippen molar-refractivity contribution in [3.8, 4) is 23.0 Å². The number of hydrogen-bond acceptors (Lipinski definition) is 7. The molecule has 0 atom stereocenters. The largest absolute Gasteiger partial charge is 0.454 e. The van der Waals surface area contributed by atoms with Gasteiger partial charge in [0.1, 0.15) is 0 Å². The monoisotopic (exact) mass is 417 g/mol. The molecule has 1 fully saturated rings. The van der Waals surface area contributed by atoms with Crippen molar-refractivity contribution in [3.05, 3.63) is 51.4 Å². The highest BCUT2D eigenvalue weighted by molar-refractivity contribution is 8.18. The van der Waals surface area contributed by atoms with Crippen molar-refractivity contribution in [1.82, 2.24) is 4.90 Å². The maximum Gasteiger partial charge on any atom is 0.293 e. The van der Waals surface area contributed by atoms with Gasteiger partial charge in [-0.05, 0) is 47.2 Å². The first-order valence-electron chi connectivity index (χ1n) is 8.31. The molecule has 0 N–H and O–H groups in total. The summed E-state index contributed by atoms with van der Waals surface area (Å²) >= 11 is 7.16. The minimum atomic E-state index is -0.374. The number of imide groups is 1. The van der Waals surface area contributed by atoms with Gasteiger partial charge in [-0.2, -0.15) is 0 Å². The fourth-order valence-electron chi connectivity index (χ4n) is 3.04. The maximum absolute atomic E-state index is 12.8. The lowest BCUT2D eigenvalue weighted by Crippen LogP contribution is -2.27. The topological polar surface area (TPSA) is 74.3 Å². The summed E-state index contributed by atoms with van der Waals surface area (Å²) in [5, 5.41) is 0.0498. The highest BCUT2D eigenvalue weighted by atomic mass is 35.5. The number of benzene rings is 2. The molecule has 3 aliphatic rings. The lowest BCUT2D eigenvalue weighted by atomic mass is 10.1. The fraction of sp³-hybridized carbons (Fsp3) is 0.158. The van der Waals surface area contributed by atoms with Gasteiger partial charge in [0.05, 0.1) is 11.4 Å². The second kappa shape index (κ2) is 6.65. The Bertz CT molecular complexity index is 1050. The Kier molecular flexibility index (Phi) is 4.10. The Hall–Kier alpha value is -2.84. The number of rotatable bonds is 3. The standard InChI is InChI=1S/C19H12ClNO6S/c20-12-6-16-15(26-9-27-16)5-11(12)7-21-18(22)17(28-19(21)23)4-10-1-2-13-14(3-10)25-8-24-13/h1-6H,7-9H2/b17-4+. The number of hydrogen-bond donors (Lipinski definition) is 0. The summed E-state index contributed by atoms with van der Waals surface area (Å²) in [6, 6.07) is 8.65. The van der Waals surface area contributed by atoms with Gasteiger partial charge in [0.15, 0.2) is 23.0 Å². The van der Waals surface area contributed by atoms with Crippen molar-refractivity contribution in [3.63, 3.8) is 0 Å². The molecule has 7 nitrogen and oxygen atoms in total. The first-order chi connectivity index (χ1) is 13.6. The summed E-state index contributed by atoms with van der Waals surface area (Å²) < 4.78 is 21.2. The molecule has 0 aliphatic carbocycles. The molecule has 2 aromatic rings. The van der Waals surface area contributed by atoms with Crippen LogP contribution in [0.15, 0.2) is 35.2 Å². The minimum absolute atomic E-state index is 0.0542. The molecule has 28 heavy (non-hydrogen) atoms. The molecular weight excluding hydrogens is 406 g/mol. The SMILES string of the molecule is O=C1S/C(=C/c2ccc3c(c2)OCO3)C(=O)N1Cc1cc2c(cc1Cl)OCO2. The van der Waals surface area contributed by atoms with Crippen molar-refractivity contribution in [2.45, 2.75) is 6.54 Å².